The van der Waals surface area contributed by atoms with E-state index in [0.29, 0.717) is 0 Å². The van der Waals surface area contributed by atoms with E-state index in [0.717, 1.165) is 12.2 Å². The van der Waals surface area contributed by atoms with E-state index >= 15 is 0 Å². The minimum absolute atomic E-state index is 0.641. The fourth-order valence-electron chi connectivity index (χ4n) is 0.740. The maximum Gasteiger partial charge on any atom is 0.322 e. The van der Waals surface area contributed by atoms with E-state index in [9.17, 15) is 14.4 Å². The largest absolute Gasteiger partial charge is 0.480 e. The van der Waals surface area contributed by atoms with Crippen molar-refractivity contribution >= 4 is 17.5 Å². The summed E-state index contributed by atoms with van der Waals surface area (Å²) >= 11 is 0. The van der Waals surface area contributed by atoms with Gasteiger partial charge in [-0.2, -0.15) is 0 Å². The lowest BCUT2D eigenvalue weighted by Crippen LogP contribution is -2.24. The van der Waals surface area contributed by atoms with Crippen molar-refractivity contribution in [2.45, 2.75) is 0 Å². The average Bonchev–Trinajstić information content (AvgIpc) is 2.11. The molecule has 0 saturated heterocycles. The van der Waals surface area contributed by atoms with Crippen molar-refractivity contribution in [2.24, 2.45) is 5.92 Å². The van der Waals surface area contributed by atoms with E-state index < -0.39 is 23.5 Å². The quantitative estimate of drug-likeness (QED) is 0.493. The Morgan fingerprint density at radius 2 is 1.70 bits per heavy atom. The lowest BCUT2D eigenvalue weighted by Gasteiger charge is -1.96. The van der Waals surface area contributed by atoms with Crippen LogP contribution in [0.25, 0.3) is 0 Å². The molecule has 1 aliphatic carbocycles. The van der Waals surface area contributed by atoms with Crippen molar-refractivity contribution in [1.82, 2.24) is 0 Å². The number of rotatable bonds is 1. The molecule has 10 heavy (non-hydrogen) atoms. The van der Waals surface area contributed by atoms with Crippen LogP contribution in [0.1, 0.15) is 0 Å². The van der Waals surface area contributed by atoms with Gasteiger partial charge >= 0.3 is 5.97 Å². The zero-order valence-corrected chi connectivity index (χ0v) is 4.90. The van der Waals surface area contributed by atoms with Crippen LogP contribution < -0.4 is 0 Å². The van der Waals surface area contributed by atoms with E-state index in [1.165, 1.54) is 0 Å². The fourth-order valence-corrected chi connectivity index (χ4v) is 0.740. The van der Waals surface area contributed by atoms with Crippen LogP contribution in [0.5, 0.6) is 0 Å². The van der Waals surface area contributed by atoms with E-state index in [1.54, 1.807) is 0 Å². The second-order valence-corrected chi connectivity index (χ2v) is 1.91. The standard InChI is InChI=1S/C6H4O4/c7-3-1-2-4(8)5(3)6(9)10/h1-2,5H,(H,9,10). The molecule has 0 saturated carbocycles. The summed E-state index contributed by atoms with van der Waals surface area (Å²) in [4.78, 5) is 31.2. The summed E-state index contributed by atoms with van der Waals surface area (Å²) in [6, 6.07) is 0. The number of aliphatic carboxylic acids is 1. The van der Waals surface area contributed by atoms with E-state index in [1.807, 2.05) is 0 Å². The summed E-state index contributed by atoms with van der Waals surface area (Å²) in [5.41, 5.74) is 0. The van der Waals surface area contributed by atoms with Crippen LogP contribution in [0, 0.1) is 5.92 Å². The topological polar surface area (TPSA) is 71.4 Å². The first-order valence-electron chi connectivity index (χ1n) is 2.61. The molecular formula is C6H4O4. The number of carboxylic acids is 1. The highest BCUT2D eigenvalue weighted by Gasteiger charge is 2.34. The molecule has 0 fully saturated rings. The van der Waals surface area contributed by atoms with Crippen LogP contribution in [-0.4, -0.2) is 22.6 Å². The predicted octanol–water partition coefficient (Wildman–Crippen LogP) is -0.605. The molecule has 0 aliphatic heterocycles. The minimum atomic E-state index is -1.47. The van der Waals surface area contributed by atoms with Gasteiger partial charge in [-0.05, 0) is 12.2 Å². The Balaban J connectivity index is 2.90. The number of hydrogen-bond acceptors (Lipinski definition) is 3. The molecule has 0 radical (unpaired) electrons. The first kappa shape index (κ1) is 6.67. The molecule has 0 heterocycles. The molecule has 0 atom stereocenters. The lowest BCUT2D eigenvalue weighted by atomic mass is 10.1. The molecule has 4 heteroatoms. The van der Waals surface area contributed by atoms with Gasteiger partial charge in [0.15, 0.2) is 17.5 Å². The molecule has 0 bridgehead atoms. The third kappa shape index (κ3) is 0.834. The Kier molecular flexibility index (Phi) is 1.37. The summed E-state index contributed by atoms with van der Waals surface area (Å²) in [5.74, 6) is -4.13. The van der Waals surface area contributed by atoms with Gasteiger partial charge in [-0.1, -0.05) is 0 Å². The van der Waals surface area contributed by atoms with Crippen molar-refractivity contribution in [1.29, 1.82) is 0 Å². The number of carboxylic acid groups (broad SMARTS) is 1. The number of allylic oxidation sites excluding steroid dienone is 2. The highest BCUT2D eigenvalue weighted by Crippen LogP contribution is 2.09. The molecule has 0 aromatic carbocycles. The number of carbonyl (C=O) groups is 3. The zero-order chi connectivity index (χ0) is 7.72. The van der Waals surface area contributed by atoms with E-state index in [4.69, 9.17) is 5.11 Å². The maximum atomic E-state index is 10.5. The van der Waals surface area contributed by atoms with Gasteiger partial charge in [0, 0.05) is 0 Å². The highest BCUT2D eigenvalue weighted by atomic mass is 16.4. The monoisotopic (exact) mass is 140 g/mol. The van der Waals surface area contributed by atoms with E-state index in [2.05, 4.69) is 0 Å². The van der Waals surface area contributed by atoms with Crippen LogP contribution in [0.2, 0.25) is 0 Å². The Morgan fingerprint density at radius 3 is 1.90 bits per heavy atom. The van der Waals surface area contributed by atoms with Crippen LogP contribution in [0.3, 0.4) is 0 Å². The van der Waals surface area contributed by atoms with Gasteiger partial charge in [0.1, 0.15) is 0 Å². The fraction of sp³-hybridized carbons (Fsp3) is 0.167. The Labute approximate surface area is 56.1 Å². The highest BCUT2D eigenvalue weighted by molar-refractivity contribution is 6.28. The van der Waals surface area contributed by atoms with Crippen LogP contribution in [0.4, 0.5) is 0 Å². The van der Waals surface area contributed by atoms with Crippen LogP contribution >= 0.6 is 0 Å². The molecule has 0 aromatic heterocycles. The second-order valence-electron chi connectivity index (χ2n) is 1.91. The second kappa shape index (κ2) is 2.06. The van der Waals surface area contributed by atoms with Crippen LogP contribution in [-0.2, 0) is 14.4 Å². The number of carbonyl (C=O) groups excluding carboxylic acids is 2. The van der Waals surface area contributed by atoms with Gasteiger partial charge in [-0.3, -0.25) is 14.4 Å². The summed E-state index contributed by atoms with van der Waals surface area (Å²) < 4.78 is 0. The summed E-state index contributed by atoms with van der Waals surface area (Å²) in [7, 11) is 0. The maximum absolute atomic E-state index is 10.5. The van der Waals surface area contributed by atoms with Gasteiger partial charge in [0.05, 0.1) is 0 Å². The molecule has 52 valence electrons. The molecule has 1 N–H and O–H groups in total. The van der Waals surface area contributed by atoms with Gasteiger partial charge in [-0.25, -0.2) is 0 Å². The summed E-state index contributed by atoms with van der Waals surface area (Å²) in [6.45, 7) is 0. The van der Waals surface area contributed by atoms with Crippen molar-refractivity contribution in [3.8, 4) is 0 Å². The van der Waals surface area contributed by atoms with Crippen LogP contribution in [0.15, 0.2) is 12.2 Å². The Bertz CT molecular complexity index is 220. The third-order valence-corrected chi connectivity index (χ3v) is 1.23. The third-order valence-electron chi connectivity index (χ3n) is 1.23. The molecule has 0 aromatic rings. The number of ketones is 2. The van der Waals surface area contributed by atoms with Crippen molar-refractivity contribution in [3.05, 3.63) is 12.2 Å². The first-order chi connectivity index (χ1) is 4.63. The van der Waals surface area contributed by atoms with Gasteiger partial charge in [-0.15, -0.1) is 0 Å². The molecule has 0 spiro atoms. The minimum Gasteiger partial charge on any atom is -0.480 e. The van der Waals surface area contributed by atoms with Crippen molar-refractivity contribution < 1.29 is 19.5 Å². The van der Waals surface area contributed by atoms with E-state index in [-0.39, 0.29) is 0 Å². The Hall–Kier alpha value is -1.45. The SMILES string of the molecule is O=C(O)C1C(=O)C=CC1=O. The predicted molar refractivity (Wildman–Crippen MR) is 30.3 cm³/mol. The lowest BCUT2D eigenvalue weighted by molar-refractivity contribution is -0.147. The smallest absolute Gasteiger partial charge is 0.322 e. The normalized spacial score (nSPS) is 18.4. The van der Waals surface area contributed by atoms with Crippen molar-refractivity contribution in [3.63, 3.8) is 0 Å². The number of hydrogen-bond donors (Lipinski definition) is 1. The summed E-state index contributed by atoms with van der Waals surface area (Å²) in [6.07, 6.45) is 1.97. The molecule has 4 nitrogen and oxygen atoms in total. The van der Waals surface area contributed by atoms with Gasteiger partial charge < -0.3 is 5.11 Å². The Morgan fingerprint density at radius 1 is 1.30 bits per heavy atom. The molecule has 0 unspecified atom stereocenters. The molecule has 0 amide bonds. The first-order valence-corrected chi connectivity index (χ1v) is 2.61. The zero-order valence-electron chi connectivity index (χ0n) is 4.90. The molecule has 1 aliphatic rings. The van der Waals surface area contributed by atoms with Gasteiger partial charge in [0.25, 0.3) is 0 Å². The average molecular weight is 140 g/mol. The molecule has 1 rings (SSSR count). The molecular weight excluding hydrogens is 136 g/mol. The summed E-state index contributed by atoms with van der Waals surface area (Å²) in [5, 5.41) is 8.27. The van der Waals surface area contributed by atoms with Crippen molar-refractivity contribution in [2.75, 3.05) is 0 Å². The van der Waals surface area contributed by atoms with Gasteiger partial charge in [0.2, 0.25) is 0 Å².